The molecule has 21 heavy (non-hydrogen) atoms. The molecular weight excluding hydrogens is 286 g/mol. The van der Waals surface area contributed by atoms with Gasteiger partial charge in [0.05, 0.1) is 12.3 Å². The lowest BCUT2D eigenvalue weighted by Crippen LogP contribution is -2.42. The minimum atomic E-state index is -0.0504. The summed E-state index contributed by atoms with van der Waals surface area (Å²) < 4.78 is 0. The van der Waals surface area contributed by atoms with Crippen LogP contribution in [0.15, 0.2) is 0 Å². The monoisotopic (exact) mass is 315 g/mol. The van der Waals surface area contributed by atoms with Gasteiger partial charge in [-0.2, -0.15) is 0 Å². The number of carbonyl (C=O) groups is 2. The summed E-state index contributed by atoms with van der Waals surface area (Å²) in [6.07, 6.45) is 4.05. The summed E-state index contributed by atoms with van der Waals surface area (Å²) >= 11 is 1.74. The third kappa shape index (κ3) is 7.71. The van der Waals surface area contributed by atoms with E-state index in [9.17, 15) is 9.59 Å². The minimum absolute atomic E-state index is 0.0504. The molecule has 1 rings (SSSR count). The number of nitrogens with one attached hydrogen (secondary N) is 2. The highest BCUT2D eigenvalue weighted by atomic mass is 32.2. The molecule has 0 atom stereocenters. The molecule has 0 saturated carbocycles. The third-order valence-corrected chi connectivity index (χ3v) is 4.84. The van der Waals surface area contributed by atoms with Gasteiger partial charge < -0.3 is 15.5 Å². The van der Waals surface area contributed by atoms with Gasteiger partial charge in [-0.25, -0.2) is 0 Å². The largest absolute Gasteiger partial charge is 0.355 e. The van der Waals surface area contributed by atoms with Gasteiger partial charge in [0, 0.05) is 18.3 Å². The molecule has 0 aromatic rings. The van der Waals surface area contributed by atoms with Crippen molar-refractivity contribution in [3.8, 4) is 0 Å². The first-order valence-electron chi connectivity index (χ1n) is 8.04. The van der Waals surface area contributed by atoms with Crippen LogP contribution >= 0.6 is 11.8 Å². The van der Waals surface area contributed by atoms with E-state index in [1.165, 1.54) is 0 Å². The smallest absolute Gasteiger partial charge is 0.239 e. The molecule has 1 saturated heterocycles. The third-order valence-electron chi connectivity index (χ3n) is 3.48. The Labute approximate surface area is 132 Å². The Bertz CT molecular complexity index is 320. The van der Waals surface area contributed by atoms with Crippen molar-refractivity contribution in [1.29, 1.82) is 0 Å². The van der Waals surface area contributed by atoms with Gasteiger partial charge in [-0.3, -0.25) is 9.59 Å². The summed E-state index contributed by atoms with van der Waals surface area (Å²) in [7, 11) is 0. The summed E-state index contributed by atoms with van der Waals surface area (Å²) in [6, 6.07) is 0. The summed E-state index contributed by atoms with van der Waals surface area (Å²) in [5, 5.41) is 6.74. The zero-order chi connectivity index (χ0) is 15.5. The first kappa shape index (κ1) is 18.3. The van der Waals surface area contributed by atoms with Gasteiger partial charge in [0.1, 0.15) is 0 Å². The van der Waals surface area contributed by atoms with Crippen molar-refractivity contribution in [2.45, 2.75) is 44.8 Å². The Balaban J connectivity index is 2.35. The van der Waals surface area contributed by atoms with Gasteiger partial charge in [0.2, 0.25) is 11.8 Å². The minimum Gasteiger partial charge on any atom is -0.355 e. The zero-order valence-electron chi connectivity index (χ0n) is 13.3. The lowest BCUT2D eigenvalue weighted by molar-refractivity contribution is -0.134. The Kier molecular flexibility index (Phi) is 9.50. The fourth-order valence-corrected chi connectivity index (χ4v) is 3.43. The number of thioether (sulfide) groups is 1. The highest BCUT2D eigenvalue weighted by Crippen LogP contribution is 2.20. The predicted molar refractivity (Wildman–Crippen MR) is 88.5 cm³/mol. The second kappa shape index (κ2) is 10.9. The van der Waals surface area contributed by atoms with Gasteiger partial charge in [-0.1, -0.05) is 13.8 Å². The number of nitrogens with zero attached hydrogens (tertiary/aromatic N) is 1. The molecule has 2 amide bonds. The molecule has 1 aliphatic rings. The van der Waals surface area contributed by atoms with Crippen LogP contribution in [0.2, 0.25) is 0 Å². The Morgan fingerprint density at radius 3 is 2.57 bits per heavy atom. The maximum absolute atomic E-state index is 12.3. The molecule has 1 heterocycles. The van der Waals surface area contributed by atoms with Crippen LogP contribution in [0.1, 0.15) is 39.5 Å². The van der Waals surface area contributed by atoms with Gasteiger partial charge in [0.25, 0.3) is 0 Å². The topological polar surface area (TPSA) is 61.4 Å². The summed E-state index contributed by atoms with van der Waals surface area (Å²) in [5.74, 6) is 0.531. The van der Waals surface area contributed by atoms with E-state index in [4.69, 9.17) is 0 Å². The maximum Gasteiger partial charge on any atom is 0.239 e. The fraction of sp³-hybridized carbons (Fsp3) is 0.867. The normalized spacial score (nSPS) is 15.7. The summed E-state index contributed by atoms with van der Waals surface area (Å²) in [4.78, 5) is 25.8. The van der Waals surface area contributed by atoms with E-state index in [0.717, 1.165) is 38.8 Å². The zero-order valence-corrected chi connectivity index (χ0v) is 14.1. The van der Waals surface area contributed by atoms with Gasteiger partial charge >= 0.3 is 0 Å². The second-order valence-electron chi connectivity index (χ2n) is 5.43. The van der Waals surface area contributed by atoms with Gasteiger partial charge in [-0.05, 0) is 38.8 Å². The average molecular weight is 315 g/mol. The van der Waals surface area contributed by atoms with Crippen LogP contribution in [0.25, 0.3) is 0 Å². The number of hydrogen-bond acceptors (Lipinski definition) is 4. The van der Waals surface area contributed by atoms with Gasteiger partial charge in [-0.15, -0.1) is 11.8 Å². The predicted octanol–water partition coefficient (Wildman–Crippen LogP) is 1.24. The molecule has 5 nitrogen and oxygen atoms in total. The average Bonchev–Trinajstić information content (AvgIpc) is 2.51. The Morgan fingerprint density at radius 1 is 1.24 bits per heavy atom. The molecule has 0 aromatic heterocycles. The van der Waals surface area contributed by atoms with E-state index in [2.05, 4.69) is 10.6 Å². The first-order valence-corrected chi connectivity index (χ1v) is 9.09. The second-order valence-corrected chi connectivity index (χ2v) is 6.71. The van der Waals surface area contributed by atoms with E-state index in [1.807, 2.05) is 13.8 Å². The van der Waals surface area contributed by atoms with E-state index >= 15 is 0 Å². The number of rotatable bonds is 9. The van der Waals surface area contributed by atoms with Crippen molar-refractivity contribution in [2.24, 2.45) is 0 Å². The number of hydrogen-bond donors (Lipinski definition) is 2. The van der Waals surface area contributed by atoms with E-state index in [1.54, 1.807) is 16.7 Å². The molecule has 1 fully saturated rings. The van der Waals surface area contributed by atoms with Gasteiger partial charge in [0.15, 0.2) is 0 Å². The van der Waals surface area contributed by atoms with Crippen LogP contribution in [0, 0.1) is 0 Å². The first-order chi connectivity index (χ1) is 10.2. The van der Waals surface area contributed by atoms with Crippen molar-refractivity contribution in [2.75, 3.05) is 38.5 Å². The molecule has 0 aliphatic carbocycles. The SMILES string of the molecule is CCCNC(=O)CN(CCC)C(=O)CSC1CCNCC1. The van der Waals surface area contributed by atoms with E-state index in [0.29, 0.717) is 24.1 Å². The van der Waals surface area contributed by atoms with Crippen molar-refractivity contribution >= 4 is 23.6 Å². The molecule has 0 radical (unpaired) electrons. The number of piperidine rings is 1. The Morgan fingerprint density at radius 2 is 1.95 bits per heavy atom. The van der Waals surface area contributed by atoms with Crippen LogP contribution in [0.4, 0.5) is 0 Å². The number of carbonyl (C=O) groups excluding carboxylic acids is 2. The maximum atomic E-state index is 12.3. The fourth-order valence-electron chi connectivity index (χ4n) is 2.30. The van der Waals surface area contributed by atoms with Crippen molar-refractivity contribution in [3.63, 3.8) is 0 Å². The highest BCUT2D eigenvalue weighted by molar-refractivity contribution is 8.00. The van der Waals surface area contributed by atoms with Crippen molar-refractivity contribution < 1.29 is 9.59 Å². The molecule has 1 aliphatic heterocycles. The Hall–Kier alpha value is -0.750. The van der Waals surface area contributed by atoms with Crippen LogP contribution in [0.3, 0.4) is 0 Å². The molecule has 0 spiro atoms. The molecule has 6 heteroatoms. The highest BCUT2D eigenvalue weighted by Gasteiger charge is 2.19. The van der Waals surface area contributed by atoms with Crippen LogP contribution in [0.5, 0.6) is 0 Å². The van der Waals surface area contributed by atoms with E-state index < -0.39 is 0 Å². The quantitative estimate of drug-likeness (QED) is 0.672. The van der Waals surface area contributed by atoms with Crippen molar-refractivity contribution in [1.82, 2.24) is 15.5 Å². The van der Waals surface area contributed by atoms with E-state index in [-0.39, 0.29) is 18.4 Å². The molecular formula is C15H29N3O2S. The van der Waals surface area contributed by atoms with Crippen molar-refractivity contribution in [3.05, 3.63) is 0 Å². The van der Waals surface area contributed by atoms with Crippen LogP contribution in [-0.4, -0.2) is 60.4 Å². The molecule has 2 N–H and O–H groups in total. The van der Waals surface area contributed by atoms with Crippen LogP contribution < -0.4 is 10.6 Å². The molecule has 122 valence electrons. The number of amides is 2. The molecule has 0 bridgehead atoms. The lowest BCUT2D eigenvalue weighted by atomic mass is 10.2. The standard InChI is InChI=1S/C15H29N3O2S/c1-3-7-17-14(19)11-18(10-4-2)15(20)12-21-13-5-8-16-9-6-13/h13,16H,3-12H2,1-2H3,(H,17,19). The summed E-state index contributed by atoms with van der Waals surface area (Å²) in [5.41, 5.74) is 0. The van der Waals surface area contributed by atoms with Crippen LogP contribution in [-0.2, 0) is 9.59 Å². The summed E-state index contributed by atoms with van der Waals surface area (Å²) in [6.45, 7) is 7.67. The lowest BCUT2D eigenvalue weighted by Gasteiger charge is -2.25. The molecule has 0 unspecified atom stereocenters. The molecule has 0 aromatic carbocycles.